The van der Waals surface area contributed by atoms with Crippen molar-refractivity contribution in [2.75, 3.05) is 32.2 Å². The highest BCUT2D eigenvalue weighted by atomic mass is 32.1. The topological polar surface area (TPSA) is 170 Å². The highest BCUT2D eigenvalue weighted by molar-refractivity contribution is 7.14. The molecule has 2 aromatic heterocycles. The van der Waals surface area contributed by atoms with E-state index in [2.05, 4.69) is 22.5 Å². The number of likely N-dealkylation sites (tertiary alicyclic amines) is 1. The number of nitrogens with one attached hydrogen (secondary N) is 3. The number of rotatable bonds is 16. The largest absolute Gasteiger partial charge is 0.491 e. The van der Waals surface area contributed by atoms with Crippen molar-refractivity contribution in [3.8, 4) is 22.9 Å². The average molecular weight is 803 g/mol. The first-order valence-corrected chi connectivity index (χ1v) is 20.7. The van der Waals surface area contributed by atoms with Crippen LogP contribution < -0.4 is 25.4 Å². The molecule has 3 N–H and O–H groups in total. The van der Waals surface area contributed by atoms with Gasteiger partial charge in [0, 0.05) is 48.4 Å². The summed E-state index contributed by atoms with van der Waals surface area (Å²) in [5.41, 5.74) is 0.0271. The lowest BCUT2D eigenvalue weighted by Crippen LogP contribution is -2.59. The van der Waals surface area contributed by atoms with Crippen molar-refractivity contribution in [3.05, 3.63) is 42.3 Å². The number of alkyl carbamates (subject to hydrolysis) is 1. The van der Waals surface area contributed by atoms with E-state index in [1.165, 1.54) is 22.7 Å². The number of carbonyl (C=O) groups excluding carboxylic acids is 4. The fourth-order valence-corrected chi connectivity index (χ4v) is 8.94. The summed E-state index contributed by atoms with van der Waals surface area (Å²) in [6.07, 6.45) is 4.38. The molecule has 1 aromatic carbocycles. The first-order valence-electron chi connectivity index (χ1n) is 19.8. The molecule has 1 saturated heterocycles. The van der Waals surface area contributed by atoms with Crippen LogP contribution >= 0.6 is 11.3 Å². The van der Waals surface area contributed by atoms with E-state index in [0.717, 1.165) is 24.3 Å². The van der Waals surface area contributed by atoms with Gasteiger partial charge in [0.05, 0.1) is 24.4 Å². The Kier molecular flexibility index (Phi) is 11.5. The van der Waals surface area contributed by atoms with E-state index < -0.39 is 47.0 Å². The Bertz CT molecular complexity index is 2000. The average Bonchev–Trinajstić information content (AvgIpc) is 3.81. The molecule has 306 valence electrons. The molecule has 3 heterocycles. The van der Waals surface area contributed by atoms with Crippen LogP contribution in [0.15, 0.2) is 42.3 Å². The molecule has 0 radical (unpaired) electrons. The molecular formula is C42H54N6O8S. The fourth-order valence-electron chi connectivity index (χ4n) is 8.09. The Morgan fingerprint density at radius 2 is 1.82 bits per heavy atom. The van der Waals surface area contributed by atoms with E-state index in [-0.39, 0.29) is 31.0 Å². The number of hydrogen-bond donors (Lipinski definition) is 3. The fraction of sp³-hybridized carbons (Fsp3) is 0.571. The molecule has 15 heteroatoms. The molecule has 57 heavy (non-hydrogen) atoms. The standard InChI is InChI=1S/C42H54N6O8S/c1-8-26-19-42(26,22-49)47-37(50)34-17-29(20-48(34)38(51)36(41(4,5)6)46-40(52)56-28-14-24-13-25(24)15-28)55-35-18-32(33-21-57-39(45-33)43-23(2)3)44-31-16-27(9-10-30(31)35)54-12-11-53-7/h8-10,16,18,21-26,28-29,34,36H,1,11-15,17,19-20H2,2-7H3,(H,43,45)(H,46,52)(H,47,50)/t24-,25+,26?,28?,29-,34?,36?,42+/m1/s1. The summed E-state index contributed by atoms with van der Waals surface area (Å²) in [5, 5.41) is 12.5. The van der Waals surface area contributed by atoms with Crippen molar-refractivity contribution in [2.45, 2.75) is 103 Å². The van der Waals surface area contributed by atoms with Crippen molar-refractivity contribution < 1.29 is 38.1 Å². The lowest BCUT2D eigenvalue weighted by Gasteiger charge is -2.35. The van der Waals surface area contributed by atoms with Gasteiger partial charge in [-0.15, -0.1) is 17.9 Å². The third-order valence-electron chi connectivity index (χ3n) is 11.4. The molecule has 4 fully saturated rings. The van der Waals surface area contributed by atoms with Gasteiger partial charge in [-0.25, -0.2) is 14.8 Å². The van der Waals surface area contributed by atoms with Crippen molar-refractivity contribution in [1.29, 1.82) is 0 Å². The number of anilines is 1. The van der Waals surface area contributed by atoms with Gasteiger partial charge >= 0.3 is 6.09 Å². The summed E-state index contributed by atoms with van der Waals surface area (Å²) in [4.78, 5) is 65.5. The van der Waals surface area contributed by atoms with Gasteiger partial charge in [-0.2, -0.15) is 0 Å². The van der Waals surface area contributed by atoms with Gasteiger partial charge < -0.3 is 44.6 Å². The Morgan fingerprint density at radius 3 is 2.49 bits per heavy atom. The van der Waals surface area contributed by atoms with Crippen LogP contribution in [-0.2, 0) is 23.9 Å². The lowest BCUT2D eigenvalue weighted by atomic mass is 9.85. The molecule has 0 bridgehead atoms. The number of methoxy groups -OCH3 is 1. The van der Waals surface area contributed by atoms with Crippen LogP contribution in [0.5, 0.6) is 11.5 Å². The second-order valence-electron chi connectivity index (χ2n) is 17.2. The van der Waals surface area contributed by atoms with Gasteiger partial charge in [-0.1, -0.05) is 26.8 Å². The Labute approximate surface area is 337 Å². The maximum Gasteiger partial charge on any atom is 0.408 e. The normalized spacial score (nSPS) is 26.7. The smallest absolute Gasteiger partial charge is 0.408 e. The number of benzene rings is 1. The number of thiazole rings is 1. The van der Waals surface area contributed by atoms with E-state index in [1.54, 1.807) is 13.2 Å². The van der Waals surface area contributed by atoms with Gasteiger partial charge in [-0.3, -0.25) is 9.59 Å². The monoisotopic (exact) mass is 802 g/mol. The van der Waals surface area contributed by atoms with Crippen molar-refractivity contribution in [1.82, 2.24) is 25.5 Å². The zero-order chi connectivity index (χ0) is 40.6. The molecule has 0 spiro atoms. The number of aldehydes is 1. The van der Waals surface area contributed by atoms with Crippen molar-refractivity contribution in [3.63, 3.8) is 0 Å². The van der Waals surface area contributed by atoms with Gasteiger partial charge in [0.2, 0.25) is 11.8 Å². The summed E-state index contributed by atoms with van der Waals surface area (Å²) >= 11 is 1.47. The number of hydrogen-bond acceptors (Lipinski definition) is 12. The molecule has 4 unspecified atom stereocenters. The highest BCUT2D eigenvalue weighted by Crippen LogP contribution is 2.52. The molecule has 1 aliphatic heterocycles. The van der Waals surface area contributed by atoms with Crippen molar-refractivity contribution >= 4 is 51.6 Å². The third kappa shape index (κ3) is 9.04. The molecule has 7 rings (SSSR count). The summed E-state index contributed by atoms with van der Waals surface area (Å²) in [6, 6.07) is 5.54. The Hall–Kier alpha value is -4.76. The Balaban J connectivity index is 1.18. The number of amides is 3. The molecule has 3 aliphatic carbocycles. The zero-order valence-electron chi connectivity index (χ0n) is 33.5. The van der Waals surface area contributed by atoms with Crippen LogP contribution in [0, 0.1) is 23.2 Å². The van der Waals surface area contributed by atoms with E-state index in [0.29, 0.717) is 65.3 Å². The molecular weight excluding hydrogens is 749 g/mol. The Morgan fingerprint density at radius 1 is 1.05 bits per heavy atom. The van der Waals surface area contributed by atoms with Crippen LogP contribution in [0.2, 0.25) is 0 Å². The number of fused-ring (bicyclic) bond motifs is 2. The number of ether oxygens (including phenoxy) is 4. The number of carbonyl (C=O) groups is 4. The number of nitrogens with zero attached hydrogens (tertiary/aromatic N) is 3. The first-order chi connectivity index (χ1) is 27.2. The van der Waals surface area contributed by atoms with Crippen LogP contribution in [0.1, 0.15) is 66.7 Å². The van der Waals surface area contributed by atoms with Gasteiger partial charge in [0.15, 0.2) is 5.13 Å². The van der Waals surface area contributed by atoms with Crippen LogP contribution in [-0.4, -0.2) is 102 Å². The van der Waals surface area contributed by atoms with E-state index >= 15 is 0 Å². The van der Waals surface area contributed by atoms with Gasteiger partial charge in [0.25, 0.3) is 0 Å². The van der Waals surface area contributed by atoms with Gasteiger partial charge in [0.1, 0.15) is 59.9 Å². The predicted octanol–water partition coefficient (Wildman–Crippen LogP) is 5.75. The molecule has 8 atom stereocenters. The van der Waals surface area contributed by atoms with Crippen LogP contribution in [0.25, 0.3) is 22.3 Å². The number of pyridine rings is 1. The van der Waals surface area contributed by atoms with E-state index in [4.69, 9.17) is 28.9 Å². The molecule has 4 aliphatic rings. The lowest BCUT2D eigenvalue weighted by molar-refractivity contribution is -0.142. The minimum absolute atomic E-state index is 0.0434. The second kappa shape index (κ2) is 16.2. The zero-order valence-corrected chi connectivity index (χ0v) is 34.4. The summed E-state index contributed by atoms with van der Waals surface area (Å²) in [7, 11) is 1.61. The summed E-state index contributed by atoms with van der Waals surface area (Å²) < 4.78 is 23.6. The molecule has 3 aromatic rings. The summed E-state index contributed by atoms with van der Waals surface area (Å²) in [5.74, 6) is 1.22. The van der Waals surface area contributed by atoms with E-state index in [1.807, 2.05) is 64.3 Å². The summed E-state index contributed by atoms with van der Waals surface area (Å²) in [6.45, 7) is 14.3. The van der Waals surface area contributed by atoms with Crippen LogP contribution in [0.3, 0.4) is 0 Å². The predicted molar refractivity (Wildman–Crippen MR) is 216 cm³/mol. The van der Waals surface area contributed by atoms with Crippen molar-refractivity contribution in [2.24, 2.45) is 23.2 Å². The second-order valence-corrected chi connectivity index (χ2v) is 18.1. The maximum absolute atomic E-state index is 14.7. The maximum atomic E-state index is 14.7. The van der Waals surface area contributed by atoms with Gasteiger partial charge in [-0.05, 0) is 68.9 Å². The number of aromatic nitrogens is 2. The molecule has 3 amide bonds. The van der Waals surface area contributed by atoms with Crippen LogP contribution in [0.4, 0.5) is 9.93 Å². The minimum Gasteiger partial charge on any atom is -0.491 e. The molecule has 3 saturated carbocycles. The SMILES string of the molecule is C=CC1C[C@@]1(C=O)NC(=O)C1C[C@@H](Oc2cc(-c3csc(NC(C)C)n3)nc3cc(OCCOC)ccc23)CN1C(=O)C(NC(=O)OC1C[C@@H]2C[C@@H]2C1)C(C)(C)C. The van der Waals surface area contributed by atoms with E-state index in [9.17, 15) is 19.2 Å². The first kappa shape index (κ1) is 40.4. The molecule has 14 nitrogen and oxygen atoms in total. The minimum atomic E-state index is -1.07. The quantitative estimate of drug-likeness (QED) is 0.0916. The highest BCUT2D eigenvalue weighted by Gasteiger charge is 2.56. The third-order valence-corrected chi connectivity index (χ3v) is 12.2.